The van der Waals surface area contributed by atoms with Crippen molar-refractivity contribution < 1.29 is 9.53 Å². The van der Waals surface area contributed by atoms with Crippen LogP contribution in [0.3, 0.4) is 0 Å². The number of likely N-dealkylation sites (N-methyl/N-ethyl adjacent to an activating group) is 1. The van der Waals surface area contributed by atoms with Gasteiger partial charge in [0.2, 0.25) is 0 Å². The van der Waals surface area contributed by atoms with E-state index in [4.69, 9.17) is 22.1 Å². The first-order chi connectivity index (χ1) is 15.0. The van der Waals surface area contributed by atoms with E-state index in [0.29, 0.717) is 42.7 Å². The number of fused-ring (bicyclic) bond motifs is 1. The molecule has 0 bridgehead atoms. The molecule has 0 aliphatic heterocycles. The van der Waals surface area contributed by atoms with E-state index >= 15 is 0 Å². The molecule has 1 aromatic carbocycles. The fourth-order valence-corrected chi connectivity index (χ4v) is 3.47. The van der Waals surface area contributed by atoms with E-state index in [2.05, 4.69) is 39.0 Å². The van der Waals surface area contributed by atoms with Gasteiger partial charge in [0, 0.05) is 42.0 Å². The Morgan fingerprint density at radius 2 is 2.03 bits per heavy atom. The summed E-state index contributed by atoms with van der Waals surface area (Å²) in [4.78, 5) is 20.8. The van der Waals surface area contributed by atoms with Crippen LogP contribution in [0.1, 0.15) is 35.7 Å². The number of nitrogens with one attached hydrogen (secondary N) is 2. The number of nitrogens with zero attached hydrogens (tertiary/aromatic N) is 3. The molecule has 3 rings (SSSR count). The Hall–Kier alpha value is -2.68. The summed E-state index contributed by atoms with van der Waals surface area (Å²) in [6, 6.07) is 6.77. The van der Waals surface area contributed by atoms with Gasteiger partial charge in [0.05, 0.1) is 25.1 Å². The number of aromatic nitrogens is 3. The third-order valence-corrected chi connectivity index (χ3v) is 5.29. The zero-order valence-corrected chi connectivity index (χ0v) is 18.7. The van der Waals surface area contributed by atoms with Crippen molar-refractivity contribution in [2.24, 2.45) is 0 Å². The smallest absolute Gasteiger partial charge is 0.251 e. The molecular weight excluding hydrogens is 416 g/mol. The summed E-state index contributed by atoms with van der Waals surface area (Å²) in [6.45, 7) is 7.98. The van der Waals surface area contributed by atoms with Gasteiger partial charge in [0.25, 0.3) is 5.91 Å². The molecule has 1 amide bonds. The number of ether oxygens (including phenoxy) is 1. The molecule has 0 aliphatic carbocycles. The van der Waals surface area contributed by atoms with Gasteiger partial charge in [-0.2, -0.15) is 0 Å². The zero-order valence-electron chi connectivity index (χ0n) is 17.9. The summed E-state index contributed by atoms with van der Waals surface area (Å²) >= 11 is 5.84. The van der Waals surface area contributed by atoms with Gasteiger partial charge in [-0.1, -0.05) is 25.4 Å². The molecule has 3 aromatic rings. The van der Waals surface area contributed by atoms with Crippen molar-refractivity contribution >= 4 is 34.4 Å². The monoisotopic (exact) mass is 444 g/mol. The van der Waals surface area contributed by atoms with Crippen LogP contribution >= 0.6 is 11.6 Å². The molecule has 0 fully saturated rings. The molecule has 1 unspecified atom stereocenters. The largest absolute Gasteiger partial charge is 0.382 e. The fraction of sp³-hybridized carbons (Fsp3) is 0.409. The molecule has 0 aliphatic rings. The first kappa shape index (κ1) is 23.0. The third-order valence-electron chi connectivity index (χ3n) is 5.04. The van der Waals surface area contributed by atoms with Crippen LogP contribution in [0.2, 0.25) is 5.02 Å². The average molecular weight is 445 g/mol. The molecule has 0 spiro atoms. The van der Waals surface area contributed by atoms with E-state index in [-0.39, 0.29) is 11.8 Å². The van der Waals surface area contributed by atoms with Crippen LogP contribution in [0.25, 0.3) is 11.0 Å². The molecule has 8 nitrogen and oxygen atoms in total. The Morgan fingerprint density at radius 3 is 2.77 bits per heavy atom. The van der Waals surface area contributed by atoms with Crippen molar-refractivity contribution in [2.75, 3.05) is 38.6 Å². The number of imidazole rings is 1. The summed E-state index contributed by atoms with van der Waals surface area (Å²) < 4.78 is 7.77. The topological polar surface area (TPSA) is 107 Å². The maximum Gasteiger partial charge on any atom is 0.251 e. The van der Waals surface area contributed by atoms with E-state index < -0.39 is 0 Å². The molecule has 2 heterocycles. The average Bonchev–Trinajstić information content (AvgIpc) is 3.20. The molecule has 9 heteroatoms. The minimum Gasteiger partial charge on any atom is -0.382 e. The van der Waals surface area contributed by atoms with E-state index in [9.17, 15) is 4.79 Å². The zero-order chi connectivity index (χ0) is 22.2. The number of benzene rings is 1. The van der Waals surface area contributed by atoms with Crippen molar-refractivity contribution in [1.29, 1.82) is 0 Å². The highest BCUT2D eigenvalue weighted by molar-refractivity contribution is 6.30. The summed E-state index contributed by atoms with van der Waals surface area (Å²) in [5.41, 5.74) is 9.43. The maximum absolute atomic E-state index is 12.1. The van der Waals surface area contributed by atoms with Gasteiger partial charge < -0.3 is 25.7 Å². The minimum absolute atomic E-state index is 0.150. The Bertz CT molecular complexity index is 1010. The number of nitrogen functional groups attached to an aromatic ring is 1. The van der Waals surface area contributed by atoms with E-state index in [1.807, 2.05) is 6.20 Å². The number of pyridine rings is 1. The lowest BCUT2D eigenvalue weighted by molar-refractivity contribution is 0.0909. The van der Waals surface area contributed by atoms with E-state index in [1.54, 1.807) is 30.6 Å². The number of amides is 1. The third kappa shape index (κ3) is 5.94. The molecule has 2 aromatic heterocycles. The van der Waals surface area contributed by atoms with Crippen LogP contribution in [-0.2, 0) is 11.3 Å². The molecular formula is C22H29ClN6O2. The predicted octanol–water partition coefficient (Wildman–Crippen LogP) is 2.83. The highest BCUT2D eigenvalue weighted by atomic mass is 35.5. The number of hydrogen-bond acceptors (Lipinski definition) is 6. The van der Waals surface area contributed by atoms with Gasteiger partial charge in [0.15, 0.2) is 5.82 Å². The number of rotatable bonds is 11. The summed E-state index contributed by atoms with van der Waals surface area (Å²) in [5.74, 6) is 0.553. The summed E-state index contributed by atoms with van der Waals surface area (Å²) in [7, 11) is 0. The minimum atomic E-state index is -0.150. The second kappa shape index (κ2) is 11.1. The van der Waals surface area contributed by atoms with E-state index in [0.717, 1.165) is 29.7 Å². The predicted molar refractivity (Wildman–Crippen MR) is 124 cm³/mol. The standard InChI is InChI=1S/C22H29ClN6O2/c1-3-25-12-15(2)18-13-27-21(24)19-20(18)29(14-28-19)9-11-31-10-8-26-22(30)16-4-6-17(23)7-5-16/h4-7,13-15,25H,3,8-12H2,1-2H3,(H2,24,27)(H,26,30). The Labute approximate surface area is 187 Å². The van der Waals surface area contributed by atoms with E-state index in [1.165, 1.54) is 0 Å². The molecule has 1 atom stereocenters. The number of halogens is 1. The van der Waals surface area contributed by atoms with Gasteiger partial charge in [-0.3, -0.25) is 4.79 Å². The lowest BCUT2D eigenvalue weighted by Crippen LogP contribution is -2.27. The first-order valence-corrected chi connectivity index (χ1v) is 10.8. The number of anilines is 1. The van der Waals surface area contributed by atoms with Crippen molar-refractivity contribution in [3.63, 3.8) is 0 Å². The second-order valence-electron chi connectivity index (χ2n) is 7.32. The molecule has 0 saturated carbocycles. The number of carbonyl (C=O) groups excluding carboxylic acids is 1. The van der Waals surface area contributed by atoms with Crippen LogP contribution < -0.4 is 16.4 Å². The number of hydrogen-bond donors (Lipinski definition) is 3. The van der Waals surface area contributed by atoms with Gasteiger partial charge in [0.1, 0.15) is 5.52 Å². The van der Waals surface area contributed by atoms with Gasteiger partial charge in [-0.05, 0) is 36.7 Å². The van der Waals surface area contributed by atoms with Crippen LogP contribution in [0.15, 0.2) is 36.8 Å². The van der Waals surface area contributed by atoms with Crippen LogP contribution in [0.4, 0.5) is 5.82 Å². The highest BCUT2D eigenvalue weighted by Crippen LogP contribution is 2.27. The molecule has 0 radical (unpaired) electrons. The fourth-order valence-electron chi connectivity index (χ4n) is 3.34. The molecule has 4 N–H and O–H groups in total. The SMILES string of the molecule is CCNCC(C)c1cnc(N)c2ncn(CCOCCNC(=O)c3ccc(Cl)cc3)c12. The molecule has 166 valence electrons. The lowest BCUT2D eigenvalue weighted by Gasteiger charge is -2.16. The lowest BCUT2D eigenvalue weighted by atomic mass is 10.0. The molecule has 31 heavy (non-hydrogen) atoms. The van der Waals surface area contributed by atoms with Gasteiger partial charge >= 0.3 is 0 Å². The maximum atomic E-state index is 12.1. The summed E-state index contributed by atoms with van der Waals surface area (Å²) in [5, 5.41) is 6.81. The van der Waals surface area contributed by atoms with Crippen molar-refractivity contribution in [3.8, 4) is 0 Å². The number of nitrogens with two attached hydrogens (primary N) is 1. The molecule has 0 saturated heterocycles. The second-order valence-corrected chi connectivity index (χ2v) is 7.75. The quantitative estimate of drug-likeness (QED) is 0.392. The highest BCUT2D eigenvalue weighted by Gasteiger charge is 2.16. The Balaban J connectivity index is 1.52. The number of carbonyl (C=O) groups is 1. The first-order valence-electron chi connectivity index (χ1n) is 10.4. The van der Waals surface area contributed by atoms with Crippen molar-refractivity contribution in [1.82, 2.24) is 25.2 Å². The van der Waals surface area contributed by atoms with Crippen LogP contribution in [-0.4, -0.2) is 53.3 Å². The van der Waals surface area contributed by atoms with Gasteiger partial charge in [-0.25, -0.2) is 9.97 Å². The van der Waals surface area contributed by atoms with Crippen LogP contribution in [0, 0.1) is 0 Å². The normalized spacial score (nSPS) is 12.2. The summed E-state index contributed by atoms with van der Waals surface area (Å²) in [6.07, 6.45) is 3.61. The Kier molecular flexibility index (Phi) is 8.22. The van der Waals surface area contributed by atoms with Crippen LogP contribution in [0.5, 0.6) is 0 Å². The van der Waals surface area contributed by atoms with Crippen molar-refractivity contribution in [2.45, 2.75) is 26.3 Å². The van der Waals surface area contributed by atoms with Crippen molar-refractivity contribution in [3.05, 3.63) is 52.9 Å². The van der Waals surface area contributed by atoms with Gasteiger partial charge in [-0.15, -0.1) is 0 Å². The Morgan fingerprint density at radius 1 is 1.26 bits per heavy atom.